The quantitative estimate of drug-likeness (QED) is 0.853. The molecule has 0 amide bonds. The SMILES string of the molecule is CC(C)CSc1cc(C(=O)O)c2ccccc2n1. The Balaban J connectivity index is 2.47. The van der Waals surface area contributed by atoms with Gasteiger partial charge in [-0.2, -0.15) is 0 Å². The number of aromatic nitrogens is 1. The standard InChI is InChI=1S/C14H15NO2S/c1-9(2)8-18-13-7-11(14(16)17)10-5-3-4-6-12(10)15-13/h3-7,9H,8H2,1-2H3,(H,16,17). The third kappa shape index (κ3) is 2.82. The van der Waals surface area contributed by atoms with E-state index >= 15 is 0 Å². The Bertz CT molecular complexity index is 581. The van der Waals surface area contributed by atoms with E-state index in [1.807, 2.05) is 18.2 Å². The molecule has 94 valence electrons. The summed E-state index contributed by atoms with van der Waals surface area (Å²) in [6, 6.07) is 9.01. The average molecular weight is 261 g/mol. The van der Waals surface area contributed by atoms with E-state index in [1.54, 1.807) is 23.9 Å². The summed E-state index contributed by atoms with van der Waals surface area (Å²) in [7, 11) is 0. The Morgan fingerprint density at radius 3 is 2.78 bits per heavy atom. The van der Waals surface area contributed by atoms with Crippen molar-refractivity contribution < 1.29 is 9.90 Å². The third-order valence-electron chi connectivity index (χ3n) is 2.49. The number of pyridine rings is 1. The lowest BCUT2D eigenvalue weighted by molar-refractivity contribution is 0.0698. The van der Waals surface area contributed by atoms with Crippen molar-refractivity contribution in [3.8, 4) is 0 Å². The van der Waals surface area contributed by atoms with Gasteiger partial charge in [-0.3, -0.25) is 0 Å². The van der Waals surface area contributed by atoms with Gasteiger partial charge in [0.05, 0.1) is 16.1 Å². The van der Waals surface area contributed by atoms with E-state index in [2.05, 4.69) is 18.8 Å². The van der Waals surface area contributed by atoms with Gasteiger partial charge in [0.1, 0.15) is 0 Å². The molecule has 0 aliphatic rings. The van der Waals surface area contributed by atoms with Gasteiger partial charge < -0.3 is 5.11 Å². The normalized spacial score (nSPS) is 11.1. The Hall–Kier alpha value is -1.55. The number of carbonyl (C=O) groups is 1. The second kappa shape index (κ2) is 5.40. The zero-order valence-electron chi connectivity index (χ0n) is 10.4. The predicted octanol–water partition coefficient (Wildman–Crippen LogP) is 3.68. The van der Waals surface area contributed by atoms with Crippen LogP contribution in [0.25, 0.3) is 10.9 Å². The largest absolute Gasteiger partial charge is 0.478 e. The number of aromatic carboxylic acids is 1. The van der Waals surface area contributed by atoms with Gasteiger partial charge in [-0.05, 0) is 18.1 Å². The first-order valence-corrected chi connectivity index (χ1v) is 6.82. The van der Waals surface area contributed by atoms with Crippen molar-refractivity contribution in [2.45, 2.75) is 18.9 Å². The van der Waals surface area contributed by atoms with Crippen LogP contribution in [0.5, 0.6) is 0 Å². The van der Waals surface area contributed by atoms with E-state index in [0.29, 0.717) is 16.9 Å². The molecule has 0 atom stereocenters. The predicted molar refractivity (Wildman–Crippen MR) is 74.3 cm³/mol. The molecule has 3 nitrogen and oxygen atoms in total. The summed E-state index contributed by atoms with van der Waals surface area (Å²) < 4.78 is 0. The molecule has 0 saturated heterocycles. The fourth-order valence-corrected chi connectivity index (χ4v) is 2.52. The summed E-state index contributed by atoms with van der Waals surface area (Å²) in [5, 5.41) is 10.7. The molecule has 4 heteroatoms. The number of para-hydroxylation sites is 1. The Kier molecular flexibility index (Phi) is 3.87. The van der Waals surface area contributed by atoms with Crippen molar-refractivity contribution >= 4 is 28.6 Å². The highest BCUT2D eigenvalue weighted by atomic mass is 32.2. The van der Waals surface area contributed by atoms with Gasteiger partial charge in [-0.15, -0.1) is 11.8 Å². The number of rotatable bonds is 4. The topological polar surface area (TPSA) is 50.2 Å². The van der Waals surface area contributed by atoms with Gasteiger partial charge >= 0.3 is 5.97 Å². The summed E-state index contributed by atoms with van der Waals surface area (Å²) in [5.74, 6) is 0.584. The van der Waals surface area contributed by atoms with E-state index in [0.717, 1.165) is 16.3 Å². The van der Waals surface area contributed by atoms with Crippen molar-refractivity contribution in [2.75, 3.05) is 5.75 Å². The lowest BCUT2D eigenvalue weighted by atomic mass is 10.1. The number of fused-ring (bicyclic) bond motifs is 1. The fourth-order valence-electron chi connectivity index (χ4n) is 1.65. The van der Waals surface area contributed by atoms with Crippen molar-refractivity contribution in [1.29, 1.82) is 0 Å². The lowest BCUT2D eigenvalue weighted by Crippen LogP contribution is -2.00. The monoisotopic (exact) mass is 261 g/mol. The van der Waals surface area contributed by atoms with Gasteiger partial charge in [0.15, 0.2) is 0 Å². The number of nitrogens with zero attached hydrogens (tertiary/aromatic N) is 1. The van der Waals surface area contributed by atoms with Gasteiger partial charge in [0, 0.05) is 11.1 Å². The third-order valence-corrected chi connectivity index (χ3v) is 3.83. The maximum atomic E-state index is 11.3. The first kappa shape index (κ1) is 12.9. The number of carboxylic acids is 1. The fraction of sp³-hybridized carbons (Fsp3) is 0.286. The van der Waals surface area contributed by atoms with Gasteiger partial charge in [0.2, 0.25) is 0 Å². The van der Waals surface area contributed by atoms with Crippen LogP contribution >= 0.6 is 11.8 Å². The molecule has 2 rings (SSSR count). The second-order valence-corrected chi connectivity index (χ2v) is 5.58. The molecule has 1 heterocycles. The van der Waals surface area contributed by atoms with Gasteiger partial charge in [-0.1, -0.05) is 32.0 Å². The number of hydrogen-bond acceptors (Lipinski definition) is 3. The summed E-state index contributed by atoms with van der Waals surface area (Å²) in [6.07, 6.45) is 0. The molecule has 0 aliphatic heterocycles. The van der Waals surface area contributed by atoms with Crippen molar-refractivity contribution in [1.82, 2.24) is 4.98 Å². The van der Waals surface area contributed by atoms with Crippen LogP contribution in [0.1, 0.15) is 24.2 Å². The van der Waals surface area contributed by atoms with Crippen molar-refractivity contribution in [2.24, 2.45) is 5.92 Å². The minimum absolute atomic E-state index is 0.326. The molecule has 0 unspecified atom stereocenters. The number of thioether (sulfide) groups is 1. The number of carboxylic acid groups (broad SMARTS) is 1. The maximum Gasteiger partial charge on any atom is 0.336 e. The molecular weight excluding hydrogens is 246 g/mol. The van der Waals surface area contributed by atoms with Crippen LogP contribution in [0.15, 0.2) is 35.4 Å². The minimum atomic E-state index is -0.903. The van der Waals surface area contributed by atoms with E-state index in [4.69, 9.17) is 0 Å². The minimum Gasteiger partial charge on any atom is -0.478 e. The van der Waals surface area contributed by atoms with E-state index < -0.39 is 5.97 Å². The highest BCUT2D eigenvalue weighted by Gasteiger charge is 2.11. The molecule has 0 fully saturated rings. The molecule has 0 spiro atoms. The van der Waals surface area contributed by atoms with Crippen LogP contribution in [-0.2, 0) is 0 Å². The van der Waals surface area contributed by atoms with Crippen molar-refractivity contribution in [3.05, 3.63) is 35.9 Å². The summed E-state index contributed by atoms with van der Waals surface area (Å²) in [4.78, 5) is 15.8. The highest BCUT2D eigenvalue weighted by Crippen LogP contribution is 2.25. The van der Waals surface area contributed by atoms with Crippen LogP contribution in [0.4, 0.5) is 0 Å². The smallest absolute Gasteiger partial charge is 0.336 e. The van der Waals surface area contributed by atoms with E-state index in [1.165, 1.54) is 0 Å². The molecule has 0 saturated carbocycles. The lowest BCUT2D eigenvalue weighted by Gasteiger charge is -2.07. The Morgan fingerprint density at radius 2 is 2.11 bits per heavy atom. The van der Waals surface area contributed by atoms with Crippen LogP contribution < -0.4 is 0 Å². The highest BCUT2D eigenvalue weighted by molar-refractivity contribution is 7.99. The molecule has 2 aromatic rings. The van der Waals surface area contributed by atoms with Crippen molar-refractivity contribution in [3.63, 3.8) is 0 Å². The van der Waals surface area contributed by atoms with Gasteiger partial charge in [-0.25, -0.2) is 9.78 Å². The molecule has 0 aliphatic carbocycles. The van der Waals surface area contributed by atoms with E-state index in [-0.39, 0.29) is 0 Å². The Morgan fingerprint density at radius 1 is 1.39 bits per heavy atom. The van der Waals surface area contributed by atoms with Crippen LogP contribution in [0, 0.1) is 5.92 Å². The average Bonchev–Trinajstić information content (AvgIpc) is 2.35. The van der Waals surface area contributed by atoms with Crippen LogP contribution in [-0.4, -0.2) is 21.8 Å². The molecule has 1 N–H and O–H groups in total. The molecule has 0 bridgehead atoms. The molecular formula is C14H15NO2S. The molecule has 0 radical (unpaired) electrons. The van der Waals surface area contributed by atoms with E-state index in [9.17, 15) is 9.90 Å². The first-order valence-electron chi connectivity index (χ1n) is 5.84. The summed E-state index contributed by atoms with van der Waals surface area (Å²) in [5.41, 5.74) is 1.07. The summed E-state index contributed by atoms with van der Waals surface area (Å²) in [6.45, 7) is 4.26. The zero-order chi connectivity index (χ0) is 13.1. The second-order valence-electron chi connectivity index (χ2n) is 4.54. The maximum absolute atomic E-state index is 11.3. The van der Waals surface area contributed by atoms with Crippen LogP contribution in [0.3, 0.4) is 0 Å². The first-order chi connectivity index (χ1) is 8.58. The molecule has 1 aromatic carbocycles. The Labute approximate surface area is 110 Å². The number of hydrogen-bond donors (Lipinski definition) is 1. The van der Waals surface area contributed by atoms with Crippen LogP contribution in [0.2, 0.25) is 0 Å². The van der Waals surface area contributed by atoms with Gasteiger partial charge in [0.25, 0.3) is 0 Å². The molecule has 18 heavy (non-hydrogen) atoms. The zero-order valence-corrected chi connectivity index (χ0v) is 11.2. The summed E-state index contributed by atoms with van der Waals surface area (Å²) >= 11 is 1.60. The molecule has 1 aromatic heterocycles. The number of benzene rings is 1.